The second-order valence-electron chi connectivity index (χ2n) is 8.31. The fraction of sp³-hybridized carbons (Fsp3) is 0.440. The van der Waals surface area contributed by atoms with Crippen molar-refractivity contribution in [1.29, 1.82) is 0 Å². The van der Waals surface area contributed by atoms with Crippen LogP contribution in [0.2, 0.25) is 0 Å². The highest BCUT2D eigenvalue weighted by Gasteiger charge is 2.26. The van der Waals surface area contributed by atoms with Crippen molar-refractivity contribution in [3.05, 3.63) is 65.2 Å². The Morgan fingerprint density at radius 3 is 2.43 bits per heavy atom. The minimum atomic E-state index is -0.0109. The lowest BCUT2D eigenvalue weighted by Crippen LogP contribution is -2.45. The maximum absolute atomic E-state index is 13.1. The molecule has 2 aromatic carbocycles. The van der Waals surface area contributed by atoms with E-state index in [-0.39, 0.29) is 23.9 Å². The van der Waals surface area contributed by atoms with Gasteiger partial charge in [-0.15, -0.1) is 0 Å². The number of amides is 2. The number of hydrogen-bond acceptors (Lipinski definition) is 3. The second-order valence-corrected chi connectivity index (χ2v) is 8.31. The largest absolute Gasteiger partial charge is 0.371 e. The molecule has 1 aliphatic rings. The molecule has 0 unspecified atom stereocenters. The van der Waals surface area contributed by atoms with Gasteiger partial charge in [-0.25, -0.2) is 0 Å². The second kappa shape index (κ2) is 9.79. The first-order chi connectivity index (χ1) is 14.4. The molecule has 0 atom stereocenters. The fourth-order valence-electron chi connectivity index (χ4n) is 4.15. The van der Waals surface area contributed by atoms with Crippen molar-refractivity contribution in [3.63, 3.8) is 0 Å². The van der Waals surface area contributed by atoms with Crippen molar-refractivity contribution >= 4 is 17.5 Å². The lowest BCUT2D eigenvalue weighted by Gasteiger charge is -2.35. The van der Waals surface area contributed by atoms with Gasteiger partial charge in [-0.2, -0.15) is 0 Å². The number of rotatable bonds is 6. The fourth-order valence-corrected chi connectivity index (χ4v) is 4.15. The van der Waals surface area contributed by atoms with Crippen LogP contribution in [-0.4, -0.2) is 48.4 Å². The topological polar surface area (TPSA) is 52.7 Å². The smallest absolute Gasteiger partial charge is 0.256 e. The third-order valence-electron chi connectivity index (χ3n) is 5.81. The Morgan fingerprint density at radius 2 is 1.80 bits per heavy atom. The van der Waals surface area contributed by atoms with Crippen LogP contribution in [0.1, 0.15) is 59.9 Å². The highest BCUT2D eigenvalue weighted by Crippen LogP contribution is 2.26. The highest BCUT2D eigenvalue weighted by molar-refractivity contribution is 6.00. The van der Waals surface area contributed by atoms with Gasteiger partial charge in [0, 0.05) is 43.0 Å². The number of piperidine rings is 1. The third kappa shape index (κ3) is 5.02. The standard InChI is InChI=1S/C25H33N3O2/c1-5-28(18(2)3)25(30)22-11-6-7-12-23(22)27-15-13-21(14-16-27)26-24(29)20-10-8-9-19(4)17-20/h6-12,17-18,21H,5,13-16H2,1-4H3,(H,26,29). The van der Waals surface area contributed by atoms with Gasteiger partial charge in [-0.3, -0.25) is 9.59 Å². The zero-order chi connectivity index (χ0) is 21.7. The van der Waals surface area contributed by atoms with Crippen LogP contribution in [0.3, 0.4) is 0 Å². The van der Waals surface area contributed by atoms with E-state index in [1.54, 1.807) is 0 Å². The average Bonchev–Trinajstić information content (AvgIpc) is 2.74. The van der Waals surface area contributed by atoms with E-state index in [1.165, 1.54) is 0 Å². The number of nitrogens with one attached hydrogen (secondary N) is 1. The van der Waals surface area contributed by atoms with E-state index in [2.05, 4.69) is 10.2 Å². The molecule has 0 spiro atoms. The molecular formula is C25H33N3O2. The summed E-state index contributed by atoms with van der Waals surface area (Å²) in [6, 6.07) is 15.9. The number of nitrogens with zero attached hydrogens (tertiary/aromatic N) is 2. The predicted molar refractivity (Wildman–Crippen MR) is 122 cm³/mol. The summed E-state index contributed by atoms with van der Waals surface area (Å²) in [6.07, 6.45) is 1.73. The summed E-state index contributed by atoms with van der Waals surface area (Å²) in [7, 11) is 0. The van der Waals surface area contributed by atoms with Gasteiger partial charge in [0.05, 0.1) is 5.56 Å². The molecule has 5 heteroatoms. The van der Waals surface area contributed by atoms with Crippen LogP contribution in [-0.2, 0) is 0 Å². The Labute approximate surface area is 180 Å². The van der Waals surface area contributed by atoms with E-state index >= 15 is 0 Å². The molecule has 1 saturated heterocycles. The molecule has 30 heavy (non-hydrogen) atoms. The predicted octanol–water partition coefficient (Wildman–Crippen LogP) is 4.26. The minimum absolute atomic E-state index is 0.0109. The lowest BCUT2D eigenvalue weighted by atomic mass is 10.0. The van der Waals surface area contributed by atoms with Crippen LogP contribution in [0.4, 0.5) is 5.69 Å². The van der Waals surface area contributed by atoms with Crippen molar-refractivity contribution in [1.82, 2.24) is 10.2 Å². The van der Waals surface area contributed by atoms with Gasteiger partial charge in [0.15, 0.2) is 0 Å². The van der Waals surface area contributed by atoms with E-state index < -0.39 is 0 Å². The van der Waals surface area contributed by atoms with Gasteiger partial charge in [0.25, 0.3) is 11.8 Å². The maximum Gasteiger partial charge on any atom is 0.256 e. The Kier molecular flexibility index (Phi) is 7.14. The van der Waals surface area contributed by atoms with Gasteiger partial charge >= 0.3 is 0 Å². The molecule has 0 bridgehead atoms. The van der Waals surface area contributed by atoms with Gasteiger partial charge < -0.3 is 15.1 Å². The molecule has 5 nitrogen and oxygen atoms in total. The van der Waals surface area contributed by atoms with Gasteiger partial charge in [-0.05, 0) is 64.8 Å². The Balaban J connectivity index is 1.65. The minimum Gasteiger partial charge on any atom is -0.371 e. The molecular weight excluding hydrogens is 374 g/mol. The molecule has 1 N–H and O–H groups in total. The highest BCUT2D eigenvalue weighted by atomic mass is 16.2. The number of aryl methyl sites for hydroxylation is 1. The molecule has 1 heterocycles. The first-order valence-electron chi connectivity index (χ1n) is 10.9. The maximum atomic E-state index is 13.1. The molecule has 160 valence electrons. The molecule has 2 aromatic rings. The number of carbonyl (C=O) groups excluding carboxylic acids is 2. The van der Waals surface area contributed by atoms with Crippen LogP contribution in [0.25, 0.3) is 0 Å². The van der Waals surface area contributed by atoms with Gasteiger partial charge in [-0.1, -0.05) is 29.8 Å². The van der Waals surface area contributed by atoms with E-state index in [1.807, 2.05) is 81.1 Å². The van der Waals surface area contributed by atoms with Crippen molar-refractivity contribution in [2.75, 3.05) is 24.5 Å². The SMILES string of the molecule is CCN(C(=O)c1ccccc1N1CCC(NC(=O)c2cccc(C)c2)CC1)C(C)C. The molecule has 0 saturated carbocycles. The van der Waals surface area contributed by atoms with Crippen LogP contribution >= 0.6 is 0 Å². The summed E-state index contributed by atoms with van der Waals surface area (Å²) in [4.78, 5) is 29.8. The van der Waals surface area contributed by atoms with Crippen molar-refractivity contribution in [3.8, 4) is 0 Å². The molecule has 1 fully saturated rings. The van der Waals surface area contributed by atoms with Crippen molar-refractivity contribution in [2.45, 2.75) is 52.6 Å². The molecule has 3 rings (SSSR count). The first kappa shape index (κ1) is 21.9. The molecule has 0 radical (unpaired) electrons. The van der Waals surface area contributed by atoms with Gasteiger partial charge in [0.1, 0.15) is 0 Å². The number of hydrogen-bond donors (Lipinski definition) is 1. The number of para-hydroxylation sites is 1. The van der Waals surface area contributed by atoms with Crippen LogP contribution in [0.5, 0.6) is 0 Å². The molecule has 0 aromatic heterocycles. The van der Waals surface area contributed by atoms with Crippen LogP contribution in [0.15, 0.2) is 48.5 Å². The first-order valence-corrected chi connectivity index (χ1v) is 10.9. The summed E-state index contributed by atoms with van der Waals surface area (Å²) in [5.74, 6) is 0.0706. The third-order valence-corrected chi connectivity index (χ3v) is 5.81. The number of carbonyl (C=O) groups is 2. The van der Waals surface area contributed by atoms with Crippen molar-refractivity contribution in [2.24, 2.45) is 0 Å². The summed E-state index contributed by atoms with van der Waals surface area (Å²) in [5, 5.41) is 3.17. The molecule has 2 amide bonds. The Morgan fingerprint density at radius 1 is 1.10 bits per heavy atom. The zero-order valence-electron chi connectivity index (χ0n) is 18.5. The number of anilines is 1. The molecule has 1 aliphatic heterocycles. The average molecular weight is 408 g/mol. The Bertz CT molecular complexity index is 885. The monoisotopic (exact) mass is 407 g/mol. The molecule has 0 aliphatic carbocycles. The van der Waals surface area contributed by atoms with E-state index in [9.17, 15) is 9.59 Å². The normalized spacial score (nSPS) is 14.6. The van der Waals surface area contributed by atoms with Crippen molar-refractivity contribution < 1.29 is 9.59 Å². The van der Waals surface area contributed by atoms with E-state index in [0.717, 1.165) is 42.7 Å². The summed E-state index contributed by atoms with van der Waals surface area (Å²) < 4.78 is 0. The summed E-state index contributed by atoms with van der Waals surface area (Å²) in [6.45, 7) is 10.4. The Hall–Kier alpha value is -2.82. The summed E-state index contributed by atoms with van der Waals surface area (Å²) >= 11 is 0. The summed E-state index contributed by atoms with van der Waals surface area (Å²) in [5.41, 5.74) is 3.54. The number of benzene rings is 2. The van der Waals surface area contributed by atoms with E-state index in [4.69, 9.17) is 0 Å². The van der Waals surface area contributed by atoms with Gasteiger partial charge in [0.2, 0.25) is 0 Å². The van der Waals surface area contributed by atoms with Crippen LogP contribution in [0, 0.1) is 6.92 Å². The lowest BCUT2D eigenvalue weighted by molar-refractivity contribution is 0.0717. The zero-order valence-corrected chi connectivity index (χ0v) is 18.5. The van der Waals surface area contributed by atoms with Crippen LogP contribution < -0.4 is 10.2 Å². The van der Waals surface area contributed by atoms with E-state index in [0.29, 0.717) is 12.1 Å². The quantitative estimate of drug-likeness (QED) is 0.778.